The average Bonchev–Trinajstić information content (AvgIpc) is 2.71. The molecule has 0 saturated carbocycles. The van der Waals surface area contributed by atoms with Crippen molar-refractivity contribution < 1.29 is 0 Å². The van der Waals surface area contributed by atoms with Crippen LogP contribution in [0.2, 0.25) is 0 Å². The van der Waals surface area contributed by atoms with E-state index in [1.54, 1.807) is 0 Å². The molecule has 0 radical (unpaired) electrons. The van der Waals surface area contributed by atoms with Crippen LogP contribution in [0.25, 0.3) is 0 Å². The topological polar surface area (TPSA) is 33.1 Å². The Balaban J connectivity index is 2.42. The second-order valence-electron chi connectivity index (χ2n) is 4.49. The third kappa shape index (κ3) is 4.33. The molecule has 1 heterocycles. The number of likely N-dealkylation sites (N-methyl/N-ethyl adjacent to an activating group) is 1. The van der Waals surface area contributed by atoms with E-state index in [2.05, 4.69) is 42.5 Å². The molecule has 0 aliphatic heterocycles. The lowest BCUT2D eigenvalue weighted by Crippen LogP contribution is -2.31. The maximum absolute atomic E-state index is 4.30. The van der Waals surface area contributed by atoms with Gasteiger partial charge in [-0.25, -0.2) is 0 Å². The predicted molar refractivity (Wildman–Crippen MR) is 67.6 cm³/mol. The Morgan fingerprint density at radius 3 is 2.75 bits per heavy atom. The molecule has 1 aromatic heterocycles. The number of aryl methyl sites for hydroxylation is 1. The maximum atomic E-state index is 4.30. The van der Waals surface area contributed by atoms with Crippen LogP contribution in [0.5, 0.6) is 0 Å². The molecule has 0 bridgehead atoms. The lowest BCUT2D eigenvalue weighted by molar-refractivity contribution is 0.364. The van der Waals surface area contributed by atoms with Crippen LogP contribution in [0, 0.1) is 0 Å². The van der Waals surface area contributed by atoms with Crippen LogP contribution in [0.3, 0.4) is 0 Å². The van der Waals surface area contributed by atoms with Gasteiger partial charge in [0.05, 0.1) is 6.20 Å². The van der Waals surface area contributed by atoms with Gasteiger partial charge in [-0.05, 0) is 53.0 Å². The SMILES string of the molecule is CCn1cc(CC(CCN(C)C)NC)cn1. The van der Waals surface area contributed by atoms with E-state index in [4.69, 9.17) is 0 Å². The van der Waals surface area contributed by atoms with Crippen LogP contribution < -0.4 is 5.32 Å². The number of hydrogen-bond donors (Lipinski definition) is 1. The molecule has 16 heavy (non-hydrogen) atoms. The lowest BCUT2D eigenvalue weighted by Gasteiger charge is -2.17. The molecule has 1 aromatic rings. The summed E-state index contributed by atoms with van der Waals surface area (Å²) < 4.78 is 1.98. The zero-order chi connectivity index (χ0) is 12.0. The fourth-order valence-corrected chi connectivity index (χ4v) is 1.73. The number of nitrogens with one attached hydrogen (secondary N) is 1. The van der Waals surface area contributed by atoms with Gasteiger partial charge in [0.25, 0.3) is 0 Å². The number of nitrogens with zero attached hydrogens (tertiary/aromatic N) is 3. The van der Waals surface area contributed by atoms with Crippen LogP contribution >= 0.6 is 0 Å². The Bertz CT molecular complexity index is 293. The molecule has 4 heteroatoms. The van der Waals surface area contributed by atoms with E-state index < -0.39 is 0 Å². The summed E-state index contributed by atoms with van der Waals surface area (Å²) >= 11 is 0. The minimum atomic E-state index is 0.539. The average molecular weight is 224 g/mol. The van der Waals surface area contributed by atoms with Crippen molar-refractivity contribution in [2.45, 2.75) is 32.4 Å². The summed E-state index contributed by atoms with van der Waals surface area (Å²) in [5, 5.41) is 7.67. The summed E-state index contributed by atoms with van der Waals surface area (Å²) in [5.74, 6) is 0. The molecule has 0 spiro atoms. The Kier molecular flexibility index (Phi) is 5.49. The first-order valence-electron chi connectivity index (χ1n) is 5.99. The Hall–Kier alpha value is -0.870. The molecule has 4 nitrogen and oxygen atoms in total. The minimum Gasteiger partial charge on any atom is -0.317 e. The summed E-state index contributed by atoms with van der Waals surface area (Å²) in [5.41, 5.74) is 1.32. The molecule has 1 atom stereocenters. The van der Waals surface area contributed by atoms with Gasteiger partial charge >= 0.3 is 0 Å². The molecule has 92 valence electrons. The van der Waals surface area contributed by atoms with E-state index in [0.717, 1.165) is 19.5 Å². The van der Waals surface area contributed by atoms with Crippen LogP contribution in [-0.2, 0) is 13.0 Å². The quantitative estimate of drug-likeness (QED) is 0.749. The van der Waals surface area contributed by atoms with Crippen molar-refractivity contribution in [3.8, 4) is 0 Å². The minimum absolute atomic E-state index is 0.539. The molecular formula is C12H24N4. The smallest absolute Gasteiger partial charge is 0.0522 e. The molecule has 0 amide bonds. The maximum Gasteiger partial charge on any atom is 0.0522 e. The van der Waals surface area contributed by atoms with Crippen LogP contribution in [0.1, 0.15) is 18.9 Å². The van der Waals surface area contributed by atoms with E-state index in [9.17, 15) is 0 Å². The van der Waals surface area contributed by atoms with Crippen molar-refractivity contribution in [1.29, 1.82) is 0 Å². The summed E-state index contributed by atoms with van der Waals surface area (Å²) in [4.78, 5) is 2.22. The molecule has 0 saturated heterocycles. The Labute approximate surface area is 98.6 Å². The van der Waals surface area contributed by atoms with Gasteiger partial charge in [-0.1, -0.05) is 0 Å². The van der Waals surface area contributed by atoms with E-state index in [1.807, 2.05) is 17.9 Å². The molecule has 1 N–H and O–H groups in total. The monoisotopic (exact) mass is 224 g/mol. The van der Waals surface area contributed by atoms with Crippen LogP contribution in [-0.4, -0.2) is 48.4 Å². The lowest BCUT2D eigenvalue weighted by atomic mass is 10.1. The highest BCUT2D eigenvalue weighted by Crippen LogP contribution is 2.05. The van der Waals surface area contributed by atoms with Crippen LogP contribution in [0.4, 0.5) is 0 Å². The first kappa shape index (κ1) is 13.2. The second-order valence-corrected chi connectivity index (χ2v) is 4.49. The van der Waals surface area contributed by atoms with Crippen molar-refractivity contribution in [2.24, 2.45) is 0 Å². The highest BCUT2D eigenvalue weighted by molar-refractivity contribution is 5.06. The number of rotatable bonds is 7. The third-order valence-corrected chi connectivity index (χ3v) is 2.83. The van der Waals surface area contributed by atoms with Gasteiger partial charge < -0.3 is 10.2 Å². The fraction of sp³-hybridized carbons (Fsp3) is 0.750. The van der Waals surface area contributed by atoms with Crippen molar-refractivity contribution in [3.63, 3.8) is 0 Å². The second kappa shape index (κ2) is 6.66. The Morgan fingerprint density at radius 2 is 2.25 bits per heavy atom. The zero-order valence-corrected chi connectivity index (χ0v) is 10.9. The summed E-state index contributed by atoms with van der Waals surface area (Å²) in [6.07, 6.45) is 6.34. The molecule has 0 aliphatic rings. The van der Waals surface area contributed by atoms with Gasteiger partial charge in [0.1, 0.15) is 0 Å². The van der Waals surface area contributed by atoms with Gasteiger partial charge in [0.2, 0.25) is 0 Å². The first-order chi connectivity index (χ1) is 7.65. The molecule has 0 aromatic carbocycles. The normalized spacial score (nSPS) is 13.3. The standard InChI is InChI=1S/C12H24N4/c1-5-16-10-11(9-14-16)8-12(13-2)6-7-15(3)4/h9-10,12-13H,5-8H2,1-4H3. The predicted octanol–water partition coefficient (Wildman–Crippen LogP) is 0.985. The molecular weight excluding hydrogens is 200 g/mol. The van der Waals surface area contributed by atoms with Gasteiger partial charge in [0, 0.05) is 18.8 Å². The Morgan fingerprint density at radius 1 is 1.50 bits per heavy atom. The van der Waals surface area contributed by atoms with Crippen LogP contribution in [0.15, 0.2) is 12.4 Å². The fourth-order valence-electron chi connectivity index (χ4n) is 1.73. The third-order valence-electron chi connectivity index (χ3n) is 2.83. The van der Waals surface area contributed by atoms with Crippen molar-refractivity contribution in [3.05, 3.63) is 18.0 Å². The summed E-state index contributed by atoms with van der Waals surface area (Å²) in [7, 11) is 6.26. The molecule has 0 aliphatic carbocycles. The highest BCUT2D eigenvalue weighted by Gasteiger charge is 2.08. The van der Waals surface area contributed by atoms with E-state index in [-0.39, 0.29) is 0 Å². The van der Waals surface area contributed by atoms with Gasteiger partial charge in [-0.3, -0.25) is 4.68 Å². The van der Waals surface area contributed by atoms with Gasteiger partial charge in [-0.2, -0.15) is 5.10 Å². The summed E-state index contributed by atoms with van der Waals surface area (Å²) in [6, 6.07) is 0.539. The van der Waals surface area contributed by atoms with E-state index >= 15 is 0 Å². The van der Waals surface area contributed by atoms with Gasteiger partial charge in [-0.15, -0.1) is 0 Å². The van der Waals surface area contributed by atoms with Crippen molar-refractivity contribution in [2.75, 3.05) is 27.7 Å². The van der Waals surface area contributed by atoms with Crippen molar-refractivity contribution >= 4 is 0 Å². The molecule has 1 rings (SSSR count). The zero-order valence-electron chi connectivity index (χ0n) is 10.9. The van der Waals surface area contributed by atoms with E-state index in [1.165, 1.54) is 12.0 Å². The first-order valence-corrected chi connectivity index (χ1v) is 5.99. The van der Waals surface area contributed by atoms with Crippen molar-refractivity contribution in [1.82, 2.24) is 20.0 Å². The van der Waals surface area contributed by atoms with E-state index in [0.29, 0.717) is 6.04 Å². The highest BCUT2D eigenvalue weighted by atomic mass is 15.3. The van der Waals surface area contributed by atoms with Gasteiger partial charge in [0.15, 0.2) is 0 Å². The largest absolute Gasteiger partial charge is 0.317 e. The summed E-state index contributed by atoms with van der Waals surface area (Å²) in [6.45, 7) is 4.17. The number of hydrogen-bond acceptors (Lipinski definition) is 3. The molecule has 0 fully saturated rings. The molecule has 1 unspecified atom stereocenters. The number of aromatic nitrogens is 2.